The summed E-state index contributed by atoms with van der Waals surface area (Å²) in [5, 5.41) is 12.1. The number of nitrogens with one attached hydrogen (secondary N) is 1. The summed E-state index contributed by atoms with van der Waals surface area (Å²) in [5.74, 6) is -0.461. The van der Waals surface area contributed by atoms with E-state index in [9.17, 15) is 4.39 Å². The maximum absolute atomic E-state index is 13.2. The summed E-state index contributed by atoms with van der Waals surface area (Å²) in [6.45, 7) is 3.57. The minimum absolute atomic E-state index is 0.101. The van der Waals surface area contributed by atoms with Crippen molar-refractivity contribution >= 4 is 11.3 Å². The van der Waals surface area contributed by atoms with Crippen LogP contribution >= 0.6 is 11.3 Å². The van der Waals surface area contributed by atoms with E-state index in [1.54, 1.807) is 23.5 Å². The number of thiophene rings is 1. The summed E-state index contributed by atoms with van der Waals surface area (Å²) in [5.41, 5.74) is 1.02. The Balaban J connectivity index is 1.90. The molecule has 0 atom stereocenters. The highest BCUT2D eigenvalue weighted by Crippen LogP contribution is 2.17. The highest BCUT2D eigenvalue weighted by molar-refractivity contribution is 7.11. The minimum Gasteiger partial charge on any atom is -0.308 e. The van der Waals surface area contributed by atoms with Gasteiger partial charge in [0.1, 0.15) is 11.9 Å². The molecule has 1 N–H and O–H groups in total. The van der Waals surface area contributed by atoms with Gasteiger partial charge < -0.3 is 5.32 Å². The molecule has 1 aromatic carbocycles. The van der Waals surface area contributed by atoms with Gasteiger partial charge in [-0.1, -0.05) is 13.0 Å². The third kappa shape index (κ3) is 3.63. The smallest absolute Gasteiger partial charge is 0.140 e. The first-order chi connectivity index (χ1) is 9.22. The van der Waals surface area contributed by atoms with Gasteiger partial charge in [-0.05, 0) is 36.2 Å². The quantitative estimate of drug-likeness (QED) is 0.904. The summed E-state index contributed by atoms with van der Waals surface area (Å²) in [7, 11) is 0. The molecule has 0 aliphatic rings. The molecule has 19 heavy (non-hydrogen) atoms. The molecular weight excluding hydrogens is 259 g/mol. The summed E-state index contributed by atoms with van der Waals surface area (Å²) >= 11 is 1.80. The second-order valence-corrected chi connectivity index (χ2v) is 5.50. The van der Waals surface area contributed by atoms with Crippen LogP contribution in [0, 0.1) is 17.1 Å². The fraction of sp³-hybridized carbons (Fsp3) is 0.267. The molecule has 0 aliphatic carbocycles. The first-order valence-electron chi connectivity index (χ1n) is 6.19. The van der Waals surface area contributed by atoms with Gasteiger partial charge in [0.05, 0.1) is 5.56 Å². The number of halogens is 1. The number of rotatable bonds is 5. The molecule has 98 valence electrons. The Morgan fingerprint density at radius 1 is 1.21 bits per heavy atom. The fourth-order valence-corrected chi connectivity index (χ4v) is 2.73. The van der Waals surface area contributed by atoms with Crippen molar-refractivity contribution < 1.29 is 4.39 Å². The van der Waals surface area contributed by atoms with E-state index in [1.807, 2.05) is 6.07 Å². The molecule has 0 saturated carbocycles. The van der Waals surface area contributed by atoms with Crippen molar-refractivity contribution in [3.8, 4) is 6.07 Å². The van der Waals surface area contributed by atoms with E-state index in [-0.39, 0.29) is 5.56 Å². The zero-order chi connectivity index (χ0) is 13.7. The van der Waals surface area contributed by atoms with Crippen LogP contribution in [0.15, 0.2) is 30.3 Å². The lowest BCUT2D eigenvalue weighted by Crippen LogP contribution is -2.11. The average Bonchev–Trinajstić information content (AvgIpc) is 2.88. The normalized spacial score (nSPS) is 10.4. The molecule has 1 aromatic heterocycles. The second kappa shape index (κ2) is 6.46. The van der Waals surface area contributed by atoms with Crippen LogP contribution in [0.25, 0.3) is 0 Å². The Hall–Kier alpha value is -1.70. The van der Waals surface area contributed by atoms with Crippen LogP contribution in [0.3, 0.4) is 0 Å². The summed E-state index contributed by atoms with van der Waals surface area (Å²) in [4.78, 5) is 2.67. The Bertz CT molecular complexity index is 598. The third-order valence-corrected chi connectivity index (χ3v) is 4.07. The Kier molecular flexibility index (Phi) is 4.67. The average molecular weight is 274 g/mol. The van der Waals surface area contributed by atoms with Crippen LogP contribution in [0.4, 0.5) is 4.39 Å². The van der Waals surface area contributed by atoms with Crippen LogP contribution in [0.5, 0.6) is 0 Å². The molecular formula is C15H15FN2S. The van der Waals surface area contributed by atoms with Crippen LogP contribution < -0.4 is 5.32 Å². The van der Waals surface area contributed by atoms with Crippen LogP contribution in [0.1, 0.15) is 27.8 Å². The van der Waals surface area contributed by atoms with E-state index in [4.69, 9.17) is 5.26 Å². The number of hydrogen-bond donors (Lipinski definition) is 1. The van der Waals surface area contributed by atoms with Gasteiger partial charge in [0.15, 0.2) is 0 Å². The Morgan fingerprint density at radius 3 is 2.68 bits per heavy atom. The lowest BCUT2D eigenvalue weighted by molar-refractivity contribution is 0.621. The zero-order valence-corrected chi connectivity index (χ0v) is 11.6. The van der Waals surface area contributed by atoms with E-state index in [0.717, 1.165) is 18.5 Å². The van der Waals surface area contributed by atoms with Crippen molar-refractivity contribution in [3.63, 3.8) is 0 Å². The summed E-state index contributed by atoms with van der Waals surface area (Å²) in [6.07, 6.45) is 1.06. The number of hydrogen-bond acceptors (Lipinski definition) is 3. The molecule has 2 nitrogen and oxygen atoms in total. The summed E-state index contributed by atoms with van der Waals surface area (Å²) < 4.78 is 13.2. The van der Waals surface area contributed by atoms with Crippen LogP contribution in [-0.4, -0.2) is 0 Å². The molecule has 0 bridgehead atoms. The maximum Gasteiger partial charge on any atom is 0.140 e. The molecule has 0 aliphatic heterocycles. The monoisotopic (exact) mass is 274 g/mol. The van der Waals surface area contributed by atoms with Crippen molar-refractivity contribution in [2.24, 2.45) is 0 Å². The molecule has 2 aromatic rings. The molecule has 0 saturated heterocycles. The second-order valence-electron chi connectivity index (χ2n) is 4.25. The standard InChI is InChI=1S/C15H15FN2S/c1-2-13-4-5-14(19-13)10-18-9-11-3-6-15(16)12(7-11)8-17/h3-7,18H,2,9-10H2,1H3. The van der Waals surface area contributed by atoms with Crippen molar-refractivity contribution in [2.45, 2.75) is 26.4 Å². The maximum atomic E-state index is 13.2. The highest BCUT2D eigenvalue weighted by Gasteiger charge is 2.03. The van der Waals surface area contributed by atoms with Gasteiger partial charge in [-0.25, -0.2) is 4.39 Å². The van der Waals surface area contributed by atoms with Gasteiger partial charge in [-0.3, -0.25) is 0 Å². The zero-order valence-electron chi connectivity index (χ0n) is 10.7. The van der Waals surface area contributed by atoms with Crippen LogP contribution in [-0.2, 0) is 19.5 Å². The van der Waals surface area contributed by atoms with E-state index in [0.29, 0.717) is 6.54 Å². The largest absolute Gasteiger partial charge is 0.308 e. The molecule has 0 radical (unpaired) electrons. The van der Waals surface area contributed by atoms with Gasteiger partial charge in [0.25, 0.3) is 0 Å². The molecule has 1 heterocycles. The van der Waals surface area contributed by atoms with Crippen molar-refractivity contribution in [2.75, 3.05) is 0 Å². The first-order valence-corrected chi connectivity index (χ1v) is 7.01. The van der Waals surface area contributed by atoms with Gasteiger partial charge in [0, 0.05) is 22.8 Å². The van der Waals surface area contributed by atoms with E-state index in [1.165, 1.54) is 15.8 Å². The number of benzene rings is 1. The van der Waals surface area contributed by atoms with Gasteiger partial charge in [-0.15, -0.1) is 11.3 Å². The third-order valence-electron chi connectivity index (χ3n) is 2.85. The van der Waals surface area contributed by atoms with E-state index in [2.05, 4.69) is 24.4 Å². The summed E-state index contributed by atoms with van der Waals surface area (Å²) in [6, 6.07) is 10.8. The van der Waals surface area contributed by atoms with Crippen molar-refractivity contribution in [1.82, 2.24) is 5.32 Å². The molecule has 0 unspecified atom stereocenters. The number of nitrogens with zero attached hydrogens (tertiary/aromatic N) is 1. The predicted octanol–water partition coefficient (Wildman–Crippen LogP) is 3.61. The highest BCUT2D eigenvalue weighted by atomic mass is 32.1. The van der Waals surface area contributed by atoms with Gasteiger partial charge in [0.2, 0.25) is 0 Å². The predicted molar refractivity (Wildman–Crippen MR) is 75.4 cm³/mol. The molecule has 2 rings (SSSR count). The minimum atomic E-state index is -0.461. The number of nitriles is 1. The first kappa shape index (κ1) is 13.7. The van der Waals surface area contributed by atoms with Gasteiger partial charge in [-0.2, -0.15) is 5.26 Å². The SMILES string of the molecule is CCc1ccc(CNCc2ccc(F)c(C#N)c2)s1. The van der Waals surface area contributed by atoms with Crippen molar-refractivity contribution in [3.05, 3.63) is 57.0 Å². The van der Waals surface area contributed by atoms with Gasteiger partial charge >= 0.3 is 0 Å². The van der Waals surface area contributed by atoms with E-state index < -0.39 is 5.82 Å². The lowest BCUT2D eigenvalue weighted by atomic mass is 10.1. The number of aryl methyl sites for hydroxylation is 1. The van der Waals surface area contributed by atoms with Crippen molar-refractivity contribution in [1.29, 1.82) is 5.26 Å². The Labute approximate surface area is 116 Å². The molecule has 0 amide bonds. The molecule has 0 fully saturated rings. The topological polar surface area (TPSA) is 35.8 Å². The van der Waals surface area contributed by atoms with Crippen LogP contribution in [0.2, 0.25) is 0 Å². The molecule has 0 spiro atoms. The lowest BCUT2D eigenvalue weighted by Gasteiger charge is -2.04. The van der Waals surface area contributed by atoms with E-state index >= 15 is 0 Å². The fourth-order valence-electron chi connectivity index (χ4n) is 1.81. The molecule has 4 heteroatoms. The Morgan fingerprint density at radius 2 is 2.00 bits per heavy atom.